The Kier molecular flexibility index (Phi) is 6.18. The second-order valence-corrected chi connectivity index (χ2v) is 8.22. The Balaban J connectivity index is 1.54. The average molecular weight is 476 g/mol. The lowest BCUT2D eigenvalue weighted by Gasteiger charge is -2.17. The number of aromatic nitrogens is 1. The molecule has 2 amide bonds. The third-order valence-corrected chi connectivity index (χ3v) is 5.78. The van der Waals surface area contributed by atoms with Gasteiger partial charge in [-0.3, -0.25) is 9.59 Å². The average Bonchev–Trinajstić information content (AvgIpc) is 3.14. The highest BCUT2D eigenvalue weighted by atomic mass is 79.9. The predicted octanol–water partition coefficient (Wildman–Crippen LogP) is 5.16. The molecule has 1 aromatic heterocycles. The fourth-order valence-electron chi connectivity index (χ4n) is 3.57. The van der Waals surface area contributed by atoms with Crippen molar-refractivity contribution in [3.63, 3.8) is 0 Å². The summed E-state index contributed by atoms with van der Waals surface area (Å²) < 4.78 is 2.87. The van der Waals surface area contributed by atoms with Crippen LogP contribution in [0.25, 0.3) is 10.9 Å². The van der Waals surface area contributed by atoms with Gasteiger partial charge >= 0.3 is 0 Å². The summed E-state index contributed by atoms with van der Waals surface area (Å²) in [5.41, 5.74) is 3.40. The highest BCUT2D eigenvalue weighted by molar-refractivity contribution is 9.10. The van der Waals surface area contributed by atoms with Gasteiger partial charge in [0.15, 0.2) is 0 Å². The van der Waals surface area contributed by atoms with E-state index in [9.17, 15) is 9.59 Å². The molecule has 1 N–H and O–H groups in total. The molecule has 0 radical (unpaired) electrons. The number of fused-ring (bicyclic) bond motifs is 1. The van der Waals surface area contributed by atoms with Crippen LogP contribution in [-0.4, -0.2) is 34.9 Å². The second kappa shape index (κ2) is 9.18. The van der Waals surface area contributed by atoms with Crippen LogP contribution in [0, 0.1) is 0 Å². The number of para-hydroxylation sites is 2. The lowest BCUT2D eigenvalue weighted by Crippen LogP contribution is -2.34. The monoisotopic (exact) mass is 475 g/mol. The molecule has 31 heavy (non-hydrogen) atoms. The number of nitrogens with zero attached hydrogens (tertiary/aromatic N) is 2. The minimum absolute atomic E-state index is 0.0433. The van der Waals surface area contributed by atoms with E-state index in [1.165, 1.54) is 4.90 Å². The quantitative estimate of drug-likeness (QED) is 0.418. The first-order valence-corrected chi connectivity index (χ1v) is 10.7. The van der Waals surface area contributed by atoms with E-state index in [1.54, 1.807) is 13.1 Å². The molecule has 0 saturated carbocycles. The number of anilines is 1. The van der Waals surface area contributed by atoms with E-state index in [-0.39, 0.29) is 18.4 Å². The predicted molar refractivity (Wildman–Crippen MR) is 127 cm³/mol. The number of likely N-dealkylation sites (N-methyl/N-ethyl adjacent to an activating group) is 1. The summed E-state index contributed by atoms with van der Waals surface area (Å²) in [6, 6.07) is 25.3. The second-order valence-electron chi connectivity index (χ2n) is 7.36. The Bertz CT molecular complexity index is 1230. The number of rotatable bonds is 6. The van der Waals surface area contributed by atoms with E-state index in [4.69, 9.17) is 0 Å². The topological polar surface area (TPSA) is 54.3 Å². The molecular formula is C25H22BrN3O2. The van der Waals surface area contributed by atoms with Crippen LogP contribution < -0.4 is 5.32 Å². The first-order chi connectivity index (χ1) is 15.0. The highest BCUT2D eigenvalue weighted by Gasteiger charge is 2.20. The zero-order valence-corrected chi connectivity index (χ0v) is 18.7. The van der Waals surface area contributed by atoms with Gasteiger partial charge in [-0.25, -0.2) is 0 Å². The summed E-state index contributed by atoms with van der Waals surface area (Å²) in [4.78, 5) is 27.1. The van der Waals surface area contributed by atoms with Crippen LogP contribution in [0.1, 0.15) is 15.9 Å². The smallest absolute Gasteiger partial charge is 0.256 e. The molecule has 5 nitrogen and oxygen atoms in total. The van der Waals surface area contributed by atoms with Gasteiger partial charge in [0.25, 0.3) is 5.91 Å². The van der Waals surface area contributed by atoms with Crippen molar-refractivity contribution in [3.8, 4) is 0 Å². The van der Waals surface area contributed by atoms with Crippen LogP contribution >= 0.6 is 15.9 Å². The van der Waals surface area contributed by atoms with Gasteiger partial charge < -0.3 is 14.8 Å². The molecule has 3 aromatic carbocycles. The van der Waals surface area contributed by atoms with Crippen LogP contribution in [0.5, 0.6) is 0 Å². The number of carbonyl (C=O) groups excluding carboxylic acids is 2. The molecular weight excluding hydrogens is 454 g/mol. The van der Waals surface area contributed by atoms with Crippen LogP contribution in [0.3, 0.4) is 0 Å². The summed E-state index contributed by atoms with van der Waals surface area (Å²) in [5, 5.41) is 3.71. The fraction of sp³-hybridized carbons (Fsp3) is 0.120. The Labute approximate surface area is 189 Å². The van der Waals surface area contributed by atoms with Gasteiger partial charge in [-0.1, -0.05) is 60.7 Å². The van der Waals surface area contributed by atoms with E-state index in [0.717, 1.165) is 20.9 Å². The minimum atomic E-state index is -0.254. The Morgan fingerprint density at radius 3 is 2.39 bits per heavy atom. The molecule has 0 aliphatic rings. The van der Waals surface area contributed by atoms with Crippen molar-refractivity contribution in [1.29, 1.82) is 0 Å². The van der Waals surface area contributed by atoms with Gasteiger partial charge in [0.05, 0.1) is 17.8 Å². The largest absolute Gasteiger partial charge is 0.342 e. The molecule has 1 heterocycles. The first kappa shape index (κ1) is 20.9. The van der Waals surface area contributed by atoms with Gasteiger partial charge in [-0.05, 0) is 39.7 Å². The van der Waals surface area contributed by atoms with Crippen molar-refractivity contribution in [1.82, 2.24) is 9.47 Å². The molecule has 0 aliphatic carbocycles. The van der Waals surface area contributed by atoms with E-state index >= 15 is 0 Å². The molecule has 0 atom stereocenters. The van der Waals surface area contributed by atoms with E-state index in [0.29, 0.717) is 17.8 Å². The van der Waals surface area contributed by atoms with Crippen molar-refractivity contribution >= 4 is 44.3 Å². The van der Waals surface area contributed by atoms with Crippen molar-refractivity contribution in [3.05, 3.63) is 101 Å². The molecule has 0 spiro atoms. The zero-order chi connectivity index (χ0) is 21.8. The third-order valence-electron chi connectivity index (χ3n) is 5.09. The Morgan fingerprint density at radius 2 is 1.61 bits per heavy atom. The van der Waals surface area contributed by atoms with Crippen molar-refractivity contribution < 1.29 is 9.59 Å². The molecule has 4 rings (SSSR count). The highest BCUT2D eigenvalue weighted by Crippen LogP contribution is 2.24. The maximum Gasteiger partial charge on any atom is 0.256 e. The summed E-state index contributed by atoms with van der Waals surface area (Å²) in [6.07, 6.45) is 1.88. The lowest BCUT2D eigenvalue weighted by molar-refractivity contribution is -0.116. The molecule has 0 saturated heterocycles. The Hall–Kier alpha value is -3.38. The molecule has 0 aliphatic heterocycles. The molecule has 0 unspecified atom stereocenters. The SMILES string of the molecule is CN(CC(=O)Nc1ccccc1Br)C(=O)c1cn(Cc2ccccc2)c2ccccc12. The molecule has 4 aromatic rings. The van der Waals surface area contributed by atoms with Crippen molar-refractivity contribution in [2.24, 2.45) is 0 Å². The van der Waals surface area contributed by atoms with Crippen LogP contribution in [0.4, 0.5) is 5.69 Å². The minimum Gasteiger partial charge on any atom is -0.342 e. The standard InChI is InChI=1S/C25H22BrN3O2/c1-28(17-24(30)27-22-13-7-6-12-21(22)26)25(31)20-16-29(15-18-9-3-2-4-10-18)23-14-8-5-11-19(20)23/h2-14,16H,15,17H2,1H3,(H,27,30). The number of nitrogens with one attached hydrogen (secondary N) is 1. The number of carbonyl (C=O) groups is 2. The normalized spacial score (nSPS) is 10.8. The van der Waals surface area contributed by atoms with Crippen LogP contribution in [0.15, 0.2) is 89.5 Å². The van der Waals surface area contributed by atoms with Crippen LogP contribution in [-0.2, 0) is 11.3 Å². The lowest BCUT2D eigenvalue weighted by atomic mass is 10.1. The van der Waals surface area contributed by atoms with E-state index in [2.05, 4.69) is 37.9 Å². The third kappa shape index (κ3) is 4.70. The van der Waals surface area contributed by atoms with E-state index < -0.39 is 0 Å². The summed E-state index contributed by atoms with van der Waals surface area (Å²) >= 11 is 3.42. The van der Waals surface area contributed by atoms with Gasteiger partial charge in [-0.2, -0.15) is 0 Å². The number of hydrogen-bond donors (Lipinski definition) is 1. The van der Waals surface area contributed by atoms with Gasteiger partial charge in [0, 0.05) is 35.2 Å². The van der Waals surface area contributed by atoms with Gasteiger partial charge in [0.1, 0.15) is 0 Å². The summed E-state index contributed by atoms with van der Waals surface area (Å²) in [6.45, 7) is 0.624. The zero-order valence-electron chi connectivity index (χ0n) is 17.1. The van der Waals surface area contributed by atoms with Gasteiger partial charge in [0.2, 0.25) is 5.91 Å². The summed E-state index contributed by atoms with van der Waals surface area (Å²) in [7, 11) is 1.64. The maximum absolute atomic E-state index is 13.2. The maximum atomic E-state index is 13.2. The number of hydrogen-bond acceptors (Lipinski definition) is 2. The fourth-order valence-corrected chi connectivity index (χ4v) is 3.96. The Morgan fingerprint density at radius 1 is 0.935 bits per heavy atom. The van der Waals surface area contributed by atoms with Gasteiger partial charge in [-0.15, -0.1) is 0 Å². The number of amides is 2. The number of halogens is 1. The summed E-state index contributed by atoms with van der Waals surface area (Å²) in [5.74, 6) is -0.443. The number of benzene rings is 3. The molecule has 0 bridgehead atoms. The molecule has 0 fully saturated rings. The van der Waals surface area contributed by atoms with Crippen molar-refractivity contribution in [2.75, 3.05) is 18.9 Å². The molecule has 156 valence electrons. The van der Waals surface area contributed by atoms with Crippen LogP contribution in [0.2, 0.25) is 0 Å². The van der Waals surface area contributed by atoms with E-state index in [1.807, 2.05) is 66.9 Å². The first-order valence-electron chi connectivity index (χ1n) is 9.94. The van der Waals surface area contributed by atoms with Crippen molar-refractivity contribution in [2.45, 2.75) is 6.54 Å². The molecule has 6 heteroatoms.